The van der Waals surface area contributed by atoms with E-state index in [1.54, 1.807) is 7.11 Å². The summed E-state index contributed by atoms with van der Waals surface area (Å²) in [5, 5.41) is 13.8. The SMILES string of the molecule is C=C(CBr)C(=O)NC1CC2C(CC1OC)NCNC2NC1CCC(F)C(Cl)C1. The first kappa shape index (κ1) is 22.4. The van der Waals surface area contributed by atoms with Gasteiger partial charge in [0.25, 0.3) is 0 Å². The molecule has 1 saturated heterocycles. The summed E-state index contributed by atoms with van der Waals surface area (Å²) in [4.78, 5) is 12.3. The molecule has 0 aromatic heterocycles. The van der Waals surface area contributed by atoms with Crippen LogP contribution in [-0.4, -0.2) is 67.0 Å². The van der Waals surface area contributed by atoms with Gasteiger partial charge in [0.2, 0.25) is 5.91 Å². The standard InChI is InChI=1S/C19H31BrClFN4O2/c1-10(8-20)19(27)26-16-6-12-15(7-17(16)28-2)23-9-24-18(12)25-11-3-4-14(22)13(21)5-11/h11-18,23-25H,1,3-9H2,2H3,(H,26,27). The maximum atomic E-state index is 13.7. The second-order valence-corrected chi connectivity index (χ2v) is 9.23. The number of hydrogen-bond donors (Lipinski definition) is 4. The summed E-state index contributed by atoms with van der Waals surface area (Å²) in [5.41, 5.74) is 0.502. The fourth-order valence-corrected chi connectivity index (χ4v) is 5.26. The van der Waals surface area contributed by atoms with Gasteiger partial charge in [0.05, 0.1) is 23.7 Å². The summed E-state index contributed by atoms with van der Waals surface area (Å²) < 4.78 is 19.4. The van der Waals surface area contributed by atoms with Gasteiger partial charge in [-0.3, -0.25) is 15.4 Å². The number of rotatable bonds is 6. The molecule has 2 saturated carbocycles. The van der Waals surface area contributed by atoms with Crippen LogP contribution < -0.4 is 21.3 Å². The molecule has 2 aliphatic carbocycles. The van der Waals surface area contributed by atoms with Gasteiger partial charge in [0, 0.05) is 42.7 Å². The predicted molar refractivity (Wildman–Crippen MR) is 112 cm³/mol. The minimum atomic E-state index is -0.910. The van der Waals surface area contributed by atoms with Crippen LogP contribution in [0.15, 0.2) is 12.2 Å². The van der Waals surface area contributed by atoms with Crippen molar-refractivity contribution in [3.8, 4) is 0 Å². The molecule has 28 heavy (non-hydrogen) atoms. The van der Waals surface area contributed by atoms with Gasteiger partial charge in [-0.15, -0.1) is 11.6 Å². The maximum Gasteiger partial charge on any atom is 0.247 e. The molecule has 3 rings (SSSR count). The zero-order valence-corrected chi connectivity index (χ0v) is 18.6. The summed E-state index contributed by atoms with van der Waals surface area (Å²) in [6.07, 6.45) is 2.67. The molecule has 0 radical (unpaired) electrons. The first-order valence-electron chi connectivity index (χ1n) is 10.0. The number of carbonyl (C=O) groups is 1. The van der Waals surface area contributed by atoms with Gasteiger partial charge in [-0.2, -0.15) is 0 Å². The fraction of sp³-hybridized carbons (Fsp3) is 0.842. The minimum Gasteiger partial charge on any atom is -0.379 e. The topological polar surface area (TPSA) is 74.4 Å². The average Bonchev–Trinajstić information content (AvgIpc) is 2.70. The molecule has 0 bridgehead atoms. The van der Waals surface area contributed by atoms with Crippen LogP contribution in [0.2, 0.25) is 0 Å². The number of amides is 1. The molecular formula is C19H31BrClFN4O2. The van der Waals surface area contributed by atoms with Crippen molar-refractivity contribution in [2.45, 2.75) is 74.0 Å². The first-order chi connectivity index (χ1) is 13.4. The Morgan fingerprint density at radius 3 is 2.79 bits per heavy atom. The number of nitrogens with one attached hydrogen (secondary N) is 4. The molecule has 1 aliphatic heterocycles. The summed E-state index contributed by atoms with van der Waals surface area (Å²) in [5.74, 6) is 0.134. The van der Waals surface area contributed by atoms with E-state index in [1.807, 2.05) is 0 Å². The molecule has 4 N–H and O–H groups in total. The molecule has 1 heterocycles. The summed E-state index contributed by atoms with van der Waals surface area (Å²) in [6, 6.07) is 0.413. The highest BCUT2D eigenvalue weighted by atomic mass is 79.9. The van der Waals surface area contributed by atoms with Crippen LogP contribution in [0.4, 0.5) is 4.39 Å². The van der Waals surface area contributed by atoms with Gasteiger partial charge < -0.3 is 15.4 Å². The fourth-order valence-electron chi connectivity index (χ4n) is 4.66. The van der Waals surface area contributed by atoms with Gasteiger partial charge >= 0.3 is 0 Å². The third-order valence-electron chi connectivity index (χ3n) is 6.30. The van der Waals surface area contributed by atoms with E-state index in [2.05, 4.69) is 43.8 Å². The average molecular weight is 482 g/mol. The normalized spacial score (nSPS) is 41.1. The van der Waals surface area contributed by atoms with Crippen molar-refractivity contribution in [3.05, 3.63) is 12.2 Å². The molecular weight excluding hydrogens is 451 g/mol. The van der Waals surface area contributed by atoms with E-state index in [1.165, 1.54) is 0 Å². The highest BCUT2D eigenvalue weighted by molar-refractivity contribution is 9.09. The Morgan fingerprint density at radius 1 is 1.32 bits per heavy atom. The molecule has 8 atom stereocenters. The third-order valence-corrected chi connectivity index (χ3v) is 7.43. The number of methoxy groups -OCH3 is 1. The van der Waals surface area contributed by atoms with Gasteiger partial charge in [0.1, 0.15) is 6.17 Å². The Hall–Kier alpha value is -0.250. The van der Waals surface area contributed by atoms with E-state index in [0.29, 0.717) is 36.5 Å². The van der Waals surface area contributed by atoms with Crippen molar-refractivity contribution >= 4 is 33.4 Å². The highest BCUT2D eigenvalue weighted by Gasteiger charge is 2.44. The maximum absolute atomic E-state index is 13.7. The zero-order valence-electron chi connectivity index (χ0n) is 16.2. The van der Waals surface area contributed by atoms with Crippen molar-refractivity contribution < 1.29 is 13.9 Å². The largest absolute Gasteiger partial charge is 0.379 e. The quantitative estimate of drug-likeness (QED) is 0.344. The molecule has 0 spiro atoms. The van der Waals surface area contributed by atoms with Crippen molar-refractivity contribution in [1.82, 2.24) is 21.3 Å². The van der Waals surface area contributed by atoms with Crippen LogP contribution in [0.5, 0.6) is 0 Å². The van der Waals surface area contributed by atoms with Crippen molar-refractivity contribution in [2.75, 3.05) is 19.1 Å². The molecule has 8 unspecified atom stereocenters. The second-order valence-electron chi connectivity index (χ2n) is 8.10. The van der Waals surface area contributed by atoms with Gasteiger partial charge in [-0.05, 0) is 32.1 Å². The Bertz CT molecular complexity index is 572. The van der Waals surface area contributed by atoms with Crippen LogP contribution in [0.25, 0.3) is 0 Å². The van der Waals surface area contributed by atoms with Crippen LogP contribution in [0, 0.1) is 5.92 Å². The van der Waals surface area contributed by atoms with Crippen LogP contribution in [0.3, 0.4) is 0 Å². The lowest BCUT2D eigenvalue weighted by Gasteiger charge is -2.49. The lowest BCUT2D eigenvalue weighted by atomic mass is 9.76. The van der Waals surface area contributed by atoms with E-state index >= 15 is 0 Å². The van der Waals surface area contributed by atoms with E-state index in [9.17, 15) is 9.18 Å². The van der Waals surface area contributed by atoms with Crippen LogP contribution >= 0.6 is 27.5 Å². The van der Waals surface area contributed by atoms with Crippen LogP contribution in [-0.2, 0) is 9.53 Å². The molecule has 0 aromatic carbocycles. The summed E-state index contributed by atoms with van der Waals surface area (Å²) in [6.45, 7) is 4.50. The molecule has 6 nitrogen and oxygen atoms in total. The molecule has 3 aliphatic rings. The van der Waals surface area contributed by atoms with Crippen LogP contribution in [0.1, 0.15) is 32.1 Å². The minimum absolute atomic E-state index is 0.0474. The van der Waals surface area contributed by atoms with E-state index in [-0.39, 0.29) is 36.2 Å². The van der Waals surface area contributed by atoms with E-state index < -0.39 is 11.5 Å². The van der Waals surface area contributed by atoms with Gasteiger partial charge in [0.15, 0.2) is 0 Å². The lowest BCUT2D eigenvalue weighted by Crippen LogP contribution is -2.68. The smallest absolute Gasteiger partial charge is 0.247 e. The monoisotopic (exact) mass is 480 g/mol. The third kappa shape index (κ3) is 5.26. The number of halogens is 3. The first-order valence-corrected chi connectivity index (χ1v) is 11.6. The molecule has 3 fully saturated rings. The Kier molecular flexibility index (Phi) is 8.15. The number of hydrogen-bond acceptors (Lipinski definition) is 5. The second kappa shape index (κ2) is 10.2. The Balaban J connectivity index is 1.65. The lowest BCUT2D eigenvalue weighted by molar-refractivity contribution is -0.120. The molecule has 1 amide bonds. The highest BCUT2D eigenvalue weighted by Crippen LogP contribution is 2.32. The molecule has 0 aromatic rings. The molecule has 9 heteroatoms. The number of alkyl halides is 3. The summed E-state index contributed by atoms with van der Waals surface area (Å²) in [7, 11) is 1.69. The Morgan fingerprint density at radius 2 is 2.11 bits per heavy atom. The number of carbonyl (C=O) groups excluding carboxylic acids is 1. The van der Waals surface area contributed by atoms with Crippen molar-refractivity contribution in [2.24, 2.45) is 5.92 Å². The van der Waals surface area contributed by atoms with E-state index in [4.69, 9.17) is 16.3 Å². The Labute approximate surface area is 179 Å². The summed E-state index contributed by atoms with van der Waals surface area (Å²) >= 11 is 9.44. The molecule has 160 valence electrons. The number of ether oxygens (including phenoxy) is 1. The predicted octanol–water partition coefficient (Wildman–Crippen LogP) is 1.78. The van der Waals surface area contributed by atoms with Crippen molar-refractivity contribution in [1.29, 1.82) is 0 Å². The van der Waals surface area contributed by atoms with Crippen molar-refractivity contribution in [3.63, 3.8) is 0 Å². The van der Waals surface area contributed by atoms with Gasteiger partial charge in [-0.1, -0.05) is 22.5 Å². The van der Waals surface area contributed by atoms with Gasteiger partial charge in [-0.25, -0.2) is 4.39 Å². The number of fused-ring (bicyclic) bond motifs is 1. The zero-order chi connectivity index (χ0) is 20.3. The van der Waals surface area contributed by atoms with E-state index in [0.717, 1.165) is 19.3 Å².